The van der Waals surface area contributed by atoms with Crippen LogP contribution < -0.4 is 0 Å². The molecule has 1 saturated carbocycles. The highest BCUT2D eigenvalue weighted by molar-refractivity contribution is 5.77. The zero-order valence-electron chi connectivity index (χ0n) is 18.0. The maximum atomic E-state index is 12.2. The minimum absolute atomic E-state index is 0.0354. The summed E-state index contributed by atoms with van der Waals surface area (Å²) in [6.45, 7) is 4.52. The van der Waals surface area contributed by atoms with E-state index >= 15 is 0 Å². The molecule has 12 heteroatoms. The molecule has 9 nitrogen and oxygen atoms in total. The third kappa shape index (κ3) is 6.42. The van der Waals surface area contributed by atoms with Crippen LogP contribution in [0.5, 0.6) is 0 Å². The molecule has 1 N–H and O–H groups in total. The highest BCUT2D eigenvalue weighted by atomic mass is 19.4. The molecule has 180 valence electrons. The average Bonchev–Trinajstić information content (AvgIpc) is 3.47. The minimum Gasteiger partial charge on any atom is -0.475 e. The van der Waals surface area contributed by atoms with Gasteiger partial charge in [-0.05, 0) is 25.7 Å². The summed E-state index contributed by atoms with van der Waals surface area (Å²) >= 11 is 0. The number of rotatable bonds is 5. The summed E-state index contributed by atoms with van der Waals surface area (Å²) in [5, 5.41) is 11.4. The van der Waals surface area contributed by atoms with Gasteiger partial charge in [-0.3, -0.25) is 14.4 Å². The van der Waals surface area contributed by atoms with E-state index in [4.69, 9.17) is 19.4 Å². The van der Waals surface area contributed by atoms with Crippen molar-refractivity contribution < 1.29 is 37.3 Å². The first kappa shape index (κ1) is 24.5. The molecule has 3 aliphatic rings. The number of carboxylic acids is 1. The molecule has 1 aliphatic carbocycles. The molecule has 0 bridgehead atoms. The molecular formula is C20H29F3N4O5. The molecule has 2 aliphatic heterocycles. The Morgan fingerprint density at radius 2 is 1.94 bits per heavy atom. The number of amides is 1. The second-order valence-electron chi connectivity index (χ2n) is 8.21. The highest BCUT2D eigenvalue weighted by Gasteiger charge is 2.43. The smallest absolute Gasteiger partial charge is 0.475 e. The quantitative estimate of drug-likeness (QED) is 0.707. The second kappa shape index (κ2) is 10.6. The summed E-state index contributed by atoms with van der Waals surface area (Å²) < 4.78 is 45.6. The zero-order chi connectivity index (χ0) is 23.3. The first-order chi connectivity index (χ1) is 15.1. The predicted octanol–water partition coefficient (Wildman–Crippen LogP) is 1.42. The van der Waals surface area contributed by atoms with Gasteiger partial charge in [-0.2, -0.15) is 18.3 Å². The van der Waals surface area contributed by atoms with Crippen LogP contribution in [0, 0.1) is 0 Å². The second-order valence-corrected chi connectivity index (χ2v) is 8.21. The SMILES string of the molecule is Cn1cc(CN2CCO[C@H]3[C@H](OCC(=O)N4CCCC4)CC[C@@H]32)cn1.O=C(O)C(F)(F)F. The van der Waals surface area contributed by atoms with Crippen molar-refractivity contribution in [2.45, 2.75) is 56.7 Å². The molecule has 0 aromatic carbocycles. The van der Waals surface area contributed by atoms with Crippen LogP contribution in [-0.2, 0) is 32.7 Å². The van der Waals surface area contributed by atoms with Crippen molar-refractivity contribution in [1.82, 2.24) is 19.6 Å². The van der Waals surface area contributed by atoms with Gasteiger partial charge in [0.15, 0.2) is 0 Å². The van der Waals surface area contributed by atoms with E-state index in [2.05, 4.69) is 16.2 Å². The molecule has 1 amide bonds. The fourth-order valence-electron chi connectivity index (χ4n) is 4.39. The number of likely N-dealkylation sites (tertiary alicyclic amines) is 1. The van der Waals surface area contributed by atoms with Crippen molar-refractivity contribution in [2.24, 2.45) is 7.05 Å². The number of morpholine rings is 1. The molecule has 0 radical (unpaired) electrons. The minimum atomic E-state index is -5.08. The van der Waals surface area contributed by atoms with E-state index in [0.717, 1.165) is 58.5 Å². The number of hydrogen-bond donors (Lipinski definition) is 1. The number of carbonyl (C=O) groups excluding carboxylic acids is 1. The molecule has 1 aromatic rings. The van der Waals surface area contributed by atoms with Gasteiger partial charge in [0.25, 0.3) is 0 Å². The van der Waals surface area contributed by atoms with Gasteiger partial charge in [0.05, 0.1) is 25.0 Å². The maximum Gasteiger partial charge on any atom is 0.490 e. The number of nitrogens with zero attached hydrogens (tertiary/aromatic N) is 4. The number of aryl methyl sites for hydroxylation is 1. The molecule has 3 heterocycles. The number of aromatic nitrogens is 2. The lowest BCUT2D eigenvalue weighted by Gasteiger charge is -2.38. The summed E-state index contributed by atoms with van der Waals surface area (Å²) in [4.78, 5) is 25.5. The maximum absolute atomic E-state index is 12.2. The third-order valence-electron chi connectivity index (χ3n) is 5.92. The Kier molecular flexibility index (Phi) is 8.12. The fraction of sp³-hybridized carbons (Fsp3) is 0.750. The summed E-state index contributed by atoms with van der Waals surface area (Å²) in [7, 11) is 1.95. The van der Waals surface area contributed by atoms with Crippen molar-refractivity contribution in [3.63, 3.8) is 0 Å². The number of aliphatic carboxylic acids is 1. The summed E-state index contributed by atoms with van der Waals surface area (Å²) in [5.74, 6) is -2.63. The van der Waals surface area contributed by atoms with Crippen LogP contribution in [-0.4, -0.2) is 93.8 Å². The Labute approximate surface area is 184 Å². The largest absolute Gasteiger partial charge is 0.490 e. The van der Waals surface area contributed by atoms with Crippen molar-refractivity contribution in [3.8, 4) is 0 Å². The van der Waals surface area contributed by atoms with Gasteiger partial charge < -0.3 is 19.5 Å². The normalized spacial score (nSPS) is 25.9. The van der Waals surface area contributed by atoms with Gasteiger partial charge in [0.2, 0.25) is 5.91 Å². The van der Waals surface area contributed by atoms with Crippen LogP contribution in [0.4, 0.5) is 13.2 Å². The van der Waals surface area contributed by atoms with Gasteiger partial charge in [0.1, 0.15) is 6.61 Å². The molecule has 3 atom stereocenters. The topological polar surface area (TPSA) is 97.1 Å². The third-order valence-corrected chi connectivity index (χ3v) is 5.92. The van der Waals surface area contributed by atoms with Gasteiger partial charge in [-0.15, -0.1) is 0 Å². The Hall–Kier alpha value is -2.18. The highest BCUT2D eigenvalue weighted by Crippen LogP contribution is 2.33. The van der Waals surface area contributed by atoms with Gasteiger partial charge in [-0.1, -0.05) is 0 Å². The van der Waals surface area contributed by atoms with Crippen LogP contribution in [0.1, 0.15) is 31.2 Å². The summed E-state index contributed by atoms with van der Waals surface area (Å²) in [5.41, 5.74) is 1.23. The van der Waals surface area contributed by atoms with Crippen molar-refractivity contribution in [1.29, 1.82) is 0 Å². The molecule has 32 heavy (non-hydrogen) atoms. The lowest BCUT2D eigenvalue weighted by atomic mass is 10.1. The zero-order valence-corrected chi connectivity index (χ0v) is 18.0. The van der Waals surface area contributed by atoms with E-state index in [-0.39, 0.29) is 24.7 Å². The monoisotopic (exact) mass is 462 g/mol. The van der Waals surface area contributed by atoms with E-state index in [1.54, 1.807) is 0 Å². The van der Waals surface area contributed by atoms with E-state index in [1.807, 2.05) is 22.8 Å². The number of carboxylic acid groups (broad SMARTS) is 1. The number of halogens is 3. The Morgan fingerprint density at radius 3 is 2.53 bits per heavy atom. The number of ether oxygens (including phenoxy) is 2. The summed E-state index contributed by atoms with van der Waals surface area (Å²) in [6.07, 6.45) is 3.30. The van der Waals surface area contributed by atoms with Crippen LogP contribution in [0.2, 0.25) is 0 Å². The van der Waals surface area contributed by atoms with E-state index in [1.165, 1.54) is 5.56 Å². The van der Waals surface area contributed by atoms with Gasteiger partial charge in [0, 0.05) is 51.0 Å². The van der Waals surface area contributed by atoms with Crippen LogP contribution in [0.25, 0.3) is 0 Å². The Bertz CT molecular complexity index is 782. The first-order valence-electron chi connectivity index (χ1n) is 10.7. The summed E-state index contributed by atoms with van der Waals surface area (Å²) in [6, 6.07) is 0.376. The standard InChI is InChI=1S/C18H28N4O3.C2HF3O2/c1-20-11-14(10-19-20)12-22-8-9-24-18-15(22)4-5-16(18)25-13-17(23)21-6-2-3-7-21;3-2(4,5)1(6)7/h10-11,15-16,18H,2-9,12-13H2,1H3;(H,6,7)/t15-,16+,18+;/m0./s1. The molecule has 0 unspecified atom stereocenters. The number of carbonyl (C=O) groups is 2. The fourth-order valence-corrected chi connectivity index (χ4v) is 4.39. The van der Waals surface area contributed by atoms with Crippen LogP contribution in [0.15, 0.2) is 12.4 Å². The molecule has 3 fully saturated rings. The van der Waals surface area contributed by atoms with Crippen LogP contribution in [0.3, 0.4) is 0 Å². The van der Waals surface area contributed by atoms with Crippen molar-refractivity contribution >= 4 is 11.9 Å². The van der Waals surface area contributed by atoms with Crippen molar-refractivity contribution in [2.75, 3.05) is 32.8 Å². The Balaban J connectivity index is 0.000000360. The van der Waals surface area contributed by atoms with Gasteiger partial charge in [-0.25, -0.2) is 4.79 Å². The first-order valence-corrected chi connectivity index (χ1v) is 10.7. The molecule has 4 rings (SSSR count). The van der Waals surface area contributed by atoms with Crippen LogP contribution >= 0.6 is 0 Å². The van der Waals surface area contributed by atoms with Gasteiger partial charge >= 0.3 is 12.1 Å². The molecule has 0 spiro atoms. The Morgan fingerprint density at radius 1 is 1.25 bits per heavy atom. The lowest BCUT2D eigenvalue weighted by molar-refractivity contribution is -0.192. The number of alkyl halides is 3. The number of fused-ring (bicyclic) bond motifs is 1. The predicted molar refractivity (Wildman–Crippen MR) is 106 cm³/mol. The average molecular weight is 462 g/mol. The molecule has 2 saturated heterocycles. The van der Waals surface area contributed by atoms with Crippen molar-refractivity contribution in [3.05, 3.63) is 18.0 Å². The molecular weight excluding hydrogens is 433 g/mol. The lowest BCUT2D eigenvalue weighted by Crippen LogP contribution is -2.51. The molecule has 1 aromatic heterocycles. The number of hydrogen-bond acceptors (Lipinski definition) is 6. The van der Waals surface area contributed by atoms with E-state index in [9.17, 15) is 18.0 Å². The van der Waals surface area contributed by atoms with E-state index in [0.29, 0.717) is 6.04 Å². The van der Waals surface area contributed by atoms with E-state index < -0.39 is 12.1 Å².